The molecule has 0 spiro atoms. The topological polar surface area (TPSA) is 47.3 Å². The minimum atomic E-state index is 0.0586. The fourth-order valence-electron chi connectivity index (χ4n) is 4.13. The second kappa shape index (κ2) is 8.15. The van der Waals surface area contributed by atoms with Crippen LogP contribution < -0.4 is 0 Å². The molecule has 5 heteroatoms. The number of carbonyl (C=O) groups is 1. The summed E-state index contributed by atoms with van der Waals surface area (Å²) >= 11 is 1.53. The van der Waals surface area contributed by atoms with Crippen LogP contribution in [0.1, 0.15) is 70.4 Å². The molecule has 4 rings (SSSR count). The molecule has 0 fully saturated rings. The van der Waals surface area contributed by atoms with Crippen molar-refractivity contribution in [1.82, 2.24) is 14.6 Å². The smallest absolute Gasteiger partial charge is 0.202 e. The van der Waals surface area contributed by atoms with E-state index in [-0.39, 0.29) is 5.78 Å². The van der Waals surface area contributed by atoms with Crippen LogP contribution in [0, 0.1) is 20.8 Å². The lowest BCUT2D eigenvalue weighted by Crippen LogP contribution is -2.05. The molecule has 0 atom stereocenters. The van der Waals surface area contributed by atoms with E-state index in [1.807, 2.05) is 54.8 Å². The highest BCUT2D eigenvalue weighted by atomic mass is 32.1. The predicted octanol–water partition coefficient (Wildman–Crippen LogP) is 6.52. The first-order chi connectivity index (χ1) is 14.4. The van der Waals surface area contributed by atoms with Gasteiger partial charge in [-0.15, -0.1) is 11.3 Å². The number of ketones is 1. The van der Waals surface area contributed by atoms with Crippen molar-refractivity contribution < 1.29 is 4.79 Å². The zero-order chi connectivity index (χ0) is 21.4. The molecule has 0 aliphatic heterocycles. The summed E-state index contributed by atoms with van der Waals surface area (Å²) in [5.74, 6) is 0.520. The van der Waals surface area contributed by atoms with Gasteiger partial charge in [-0.1, -0.05) is 44.2 Å². The zero-order valence-electron chi connectivity index (χ0n) is 18.2. The van der Waals surface area contributed by atoms with Gasteiger partial charge in [0.15, 0.2) is 5.65 Å². The molecule has 0 unspecified atom stereocenters. The number of fused-ring (bicyclic) bond motifs is 1. The Balaban J connectivity index is 1.88. The fourth-order valence-corrected chi connectivity index (χ4v) is 5.35. The van der Waals surface area contributed by atoms with Crippen LogP contribution in [0.4, 0.5) is 0 Å². The Morgan fingerprint density at radius 1 is 1.07 bits per heavy atom. The minimum Gasteiger partial charge on any atom is -0.288 e. The van der Waals surface area contributed by atoms with Gasteiger partial charge >= 0.3 is 0 Å². The van der Waals surface area contributed by atoms with Gasteiger partial charge in [-0.2, -0.15) is 5.10 Å². The molecule has 30 heavy (non-hydrogen) atoms. The van der Waals surface area contributed by atoms with E-state index in [0.717, 1.165) is 50.9 Å². The number of imidazole rings is 1. The van der Waals surface area contributed by atoms with Gasteiger partial charge in [0.25, 0.3) is 0 Å². The first-order valence-corrected chi connectivity index (χ1v) is 11.3. The SMILES string of the molecule is CCC(CC)c1cc(C)nn2c(-c3sc(C(=O)c4ccccc4)cc3C)c(C)nc12. The van der Waals surface area contributed by atoms with Gasteiger partial charge in [0.2, 0.25) is 5.78 Å². The molecule has 0 bridgehead atoms. The van der Waals surface area contributed by atoms with Crippen molar-refractivity contribution >= 4 is 22.8 Å². The number of aromatic nitrogens is 3. The van der Waals surface area contributed by atoms with Crippen LogP contribution in [0.2, 0.25) is 0 Å². The van der Waals surface area contributed by atoms with Crippen LogP contribution in [-0.2, 0) is 0 Å². The molecule has 4 nitrogen and oxygen atoms in total. The maximum atomic E-state index is 13.0. The number of rotatable bonds is 6. The lowest BCUT2D eigenvalue weighted by molar-refractivity contribution is 0.104. The Bertz CT molecular complexity index is 1220. The molecule has 0 N–H and O–H groups in total. The van der Waals surface area contributed by atoms with Crippen molar-refractivity contribution in [3.63, 3.8) is 0 Å². The second-order valence-electron chi connectivity index (χ2n) is 7.85. The molecule has 0 saturated heterocycles. The van der Waals surface area contributed by atoms with E-state index >= 15 is 0 Å². The van der Waals surface area contributed by atoms with Crippen molar-refractivity contribution in [2.24, 2.45) is 0 Å². The van der Waals surface area contributed by atoms with E-state index in [1.165, 1.54) is 16.9 Å². The highest BCUT2D eigenvalue weighted by Gasteiger charge is 2.23. The van der Waals surface area contributed by atoms with Gasteiger partial charge in [0.05, 0.1) is 21.1 Å². The number of benzene rings is 1. The molecule has 0 aliphatic carbocycles. The van der Waals surface area contributed by atoms with Gasteiger partial charge < -0.3 is 0 Å². The van der Waals surface area contributed by atoms with E-state index in [0.29, 0.717) is 11.5 Å². The summed E-state index contributed by atoms with van der Waals surface area (Å²) in [7, 11) is 0. The van der Waals surface area contributed by atoms with Crippen molar-refractivity contribution in [3.8, 4) is 10.6 Å². The van der Waals surface area contributed by atoms with Crippen LogP contribution in [0.25, 0.3) is 16.2 Å². The van der Waals surface area contributed by atoms with Crippen molar-refractivity contribution in [2.75, 3.05) is 0 Å². The predicted molar refractivity (Wildman–Crippen MR) is 124 cm³/mol. The number of nitrogens with zero attached hydrogens (tertiary/aromatic N) is 3. The van der Waals surface area contributed by atoms with Crippen molar-refractivity contribution in [3.05, 3.63) is 75.4 Å². The molecule has 0 aliphatic rings. The number of hydrogen-bond acceptors (Lipinski definition) is 4. The lowest BCUT2D eigenvalue weighted by atomic mass is 9.95. The van der Waals surface area contributed by atoms with Crippen LogP contribution in [0.3, 0.4) is 0 Å². The maximum Gasteiger partial charge on any atom is 0.202 e. The molecule has 1 aromatic carbocycles. The van der Waals surface area contributed by atoms with Crippen molar-refractivity contribution in [2.45, 2.75) is 53.4 Å². The average molecular weight is 418 g/mol. The van der Waals surface area contributed by atoms with E-state index in [9.17, 15) is 4.79 Å². The Morgan fingerprint density at radius 2 is 1.77 bits per heavy atom. The summed E-state index contributed by atoms with van der Waals surface area (Å²) in [6.45, 7) is 10.6. The first-order valence-electron chi connectivity index (χ1n) is 10.5. The second-order valence-corrected chi connectivity index (χ2v) is 8.91. The average Bonchev–Trinajstić information content (AvgIpc) is 3.27. The molecule has 4 aromatic rings. The Hall–Kier alpha value is -2.79. The van der Waals surface area contributed by atoms with Gasteiger partial charge in [0.1, 0.15) is 5.69 Å². The van der Waals surface area contributed by atoms with Crippen molar-refractivity contribution in [1.29, 1.82) is 0 Å². The molecule has 3 aromatic heterocycles. The number of carbonyl (C=O) groups excluding carboxylic acids is 1. The Kier molecular flexibility index (Phi) is 5.56. The first kappa shape index (κ1) is 20.5. The highest BCUT2D eigenvalue weighted by molar-refractivity contribution is 7.17. The molecular formula is C25H27N3OS. The van der Waals surface area contributed by atoms with Crippen LogP contribution in [-0.4, -0.2) is 20.4 Å². The number of aryl methyl sites for hydroxylation is 3. The monoisotopic (exact) mass is 417 g/mol. The van der Waals surface area contributed by atoms with E-state index in [1.54, 1.807) is 0 Å². The van der Waals surface area contributed by atoms with Gasteiger partial charge in [-0.25, -0.2) is 9.50 Å². The summed E-state index contributed by atoms with van der Waals surface area (Å²) in [4.78, 5) is 19.7. The highest BCUT2D eigenvalue weighted by Crippen LogP contribution is 2.37. The summed E-state index contributed by atoms with van der Waals surface area (Å²) in [5, 5.41) is 4.81. The lowest BCUT2D eigenvalue weighted by Gasteiger charge is -2.14. The molecule has 3 heterocycles. The van der Waals surface area contributed by atoms with Gasteiger partial charge in [-0.3, -0.25) is 4.79 Å². The molecular weight excluding hydrogens is 390 g/mol. The molecule has 0 radical (unpaired) electrons. The summed E-state index contributed by atoms with van der Waals surface area (Å²) in [5.41, 5.74) is 6.92. The fraction of sp³-hybridized carbons (Fsp3) is 0.320. The van der Waals surface area contributed by atoms with Crippen LogP contribution in [0.15, 0.2) is 42.5 Å². The Morgan fingerprint density at radius 3 is 2.43 bits per heavy atom. The number of hydrogen-bond donors (Lipinski definition) is 0. The van der Waals surface area contributed by atoms with Crippen LogP contribution >= 0.6 is 11.3 Å². The normalized spacial score (nSPS) is 11.5. The van der Waals surface area contributed by atoms with E-state index < -0.39 is 0 Å². The zero-order valence-corrected chi connectivity index (χ0v) is 19.0. The third kappa shape index (κ3) is 3.47. The quantitative estimate of drug-likeness (QED) is 0.336. The minimum absolute atomic E-state index is 0.0586. The largest absolute Gasteiger partial charge is 0.288 e. The Labute approximate surface area is 181 Å². The molecule has 0 saturated carbocycles. The summed E-state index contributed by atoms with van der Waals surface area (Å²) in [6, 6.07) is 13.6. The molecule has 154 valence electrons. The van der Waals surface area contributed by atoms with E-state index in [2.05, 4.69) is 26.8 Å². The number of thiophene rings is 1. The molecule has 0 amide bonds. The van der Waals surface area contributed by atoms with Crippen LogP contribution in [0.5, 0.6) is 0 Å². The summed E-state index contributed by atoms with van der Waals surface area (Å²) < 4.78 is 1.99. The van der Waals surface area contributed by atoms with Gasteiger partial charge in [-0.05, 0) is 57.2 Å². The maximum absolute atomic E-state index is 13.0. The third-order valence-corrected chi connectivity index (χ3v) is 6.97. The van der Waals surface area contributed by atoms with E-state index in [4.69, 9.17) is 10.1 Å². The third-order valence-electron chi connectivity index (χ3n) is 5.73. The summed E-state index contributed by atoms with van der Waals surface area (Å²) in [6.07, 6.45) is 2.15. The standard InChI is InChI=1S/C25H27N3OS/c1-6-18(7-2)20-14-16(4)27-28-22(17(5)26-25(20)28)24-15(3)13-21(30-24)23(29)19-11-9-8-10-12-19/h8-14,18H,6-7H2,1-5H3. The van der Waals surface area contributed by atoms with Gasteiger partial charge in [0, 0.05) is 11.1 Å².